The highest BCUT2D eigenvalue weighted by molar-refractivity contribution is 6.31. The zero-order valence-corrected chi connectivity index (χ0v) is 14.9. The van der Waals surface area contributed by atoms with E-state index in [1.54, 1.807) is 35.2 Å². The van der Waals surface area contributed by atoms with Crippen LogP contribution in [0.15, 0.2) is 42.5 Å². The van der Waals surface area contributed by atoms with E-state index in [1.807, 2.05) is 6.92 Å². The number of benzene rings is 2. The molecule has 0 aliphatic rings. The van der Waals surface area contributed by atoms with Crippen LogP contribution in [0.1, 0.15) is 24.5 Å². The van der Waals surface area contributed by atoms with Crippen molar-refractivity contribution in [3.63, 3.8) is 0 Å². The van der Waals surface area contributed by atoms with Crippen LogP contribution < -0.4 is 10.2 Å². The molecule has 0 fully saturated rings. The highest BCUT2D eigenvalue weighted by Gasteiger charge is 2.16. The van der Waals surface area contributed by atoms with Crippen molar-refractivity contribution in [1.82, 2.24) is 5.32 Å². The first-order valence-electron chi connectivity index (χ1n) is 7.93. The van der Waals surface area contributed by atoms with Gasteiger partial charge in [-0.1, -0.05) is 29.8 Å². The zero-order valence-electron chi connectivity index (χ0n) is 14.2. The molecule has 0 heterocycles. The van der Waals surface area contributed by atoms with E-state index in [-0.39, 0.29) is 30.6 Å². The van der Waals surface area contributed by atoms with Crippen molar-refractivity contribution in [2.24, 2.45) is 0 Å². The number of carbonyl (C=O) groups excluding carboxylic acids is 2. The summed E-state index contributed by atoms with van der Waals surface area (Å²) in [6.45, 7) is 3.86. The second-order valence-corrected chi connectivity index (χ2v) is 6.12. The lowest BCUT2D eigenvalue weighted by Gasteiger charge is -2.23. The number of hydrogen-bond donors (Lipinski definition) is 1. The molecule has 0 radical (unpaired) electrons. The van der Waals surface area contributed by atoms with Crippen LogP contribution in [0.25, 0.3) is 0 Å². The third-order valence-corrected chi connectivity index (χ3v) is 4.28. The molecule has 2 aromatic rings. The van der Waals surface area contributed by atoms with Gasteiger partial charge in [0.05, 0.1) is 0 Å². The molecule has 2 aromatic carbocycles. The third kappa shape index (κ3) is 5.29. The van der Waals surface area contributed by atoms with Gasteiger partial charge in [-0.3, -0.25) is 9.59 Å². The minimum atomic E-state index is -0.316. The lowest BCUT2D eigenvalue weighted by Crippen LogP contribution is -2.34. The first-order valence-corrected chi connectivity index (χ1v) is 8.30. The van der Waals surface area contributed by atoms with E-state index in [0.29, 0.717) is 17.3 Å². The van der Waals surface area contributed by atoms with Gasteiger partial charge in [-0.25, -0.2) is 4.39 Å². The summed E-state index contributed by atoms with van der Waals surface area (Å²) in [6, 6.07) is 11.3. The molecule has 0 saturated heterocycles. The van der Waals surface area contributed by atoms with Gasteiger partial charge in [-0.15, -0.1) is 0 Å². The van der Waals surface area contributed by atoms with Gasteiger partial charge in [0.25, 0.3) is 0 Å². The normalized spacial score (nSPS) is 10.4. The molecular formula is C19H20ClFN2O2. The molecule has 25 heavy (non-hydrogen) atoms. The monoisotopic (exact) mass is 362 g/mol. The number of nitrogens with one attached hydrogen (secondary N) is 1. The van der Waals surface area contributed by atoms with Crippen molar-refractivity contribution in [2.75, 3.05) is 11.4 Å². The number of anilines is 1. The molecule has 1 N–H and O–H groups in total. The number of rotatable bonds is 6. The van der Waals surface area contributed by atoms with Gasteiger partial charge in [0.1, 0.15) is 5.82 Å². The number of carbonyl (C=O) groups is 2. The van der Waals surface area contributed by atoms with Gasteiger partial charge >= 0.3 is 0 Å². The minimum absolute atomic E-state index is 0.156. The molecule has 0 aliphatic heterocycles. The maximum Gasteiger partial charge on any atom is 0.223 e. The van der Waals surface area contributed by atoms with Crippen molar-refractivity contribution in [2.45, 2.75) is 26.8 Å². The van der Waals surface area contributed by atoms with Crippen LogP contribution in [0.2, 0.25) is 5.02 Å². The summed E-state index contributed by atoms with van der Waals surface area (Å²) in [5, 5.41) is 3.34. The Morgan fingerprint density at radius 3 is 2.48 bits per heavy atom. The summed E-state index contributed by atoms with van der Waals surface area (Å²) in [5.41, 5.74) is 2.31. The zero-order chi connectivity index (χ0) is 18.4. The highest BCUT2D eigenvalue weighted by atomic mass is 35.5. The van der Waals surface area contributed by atoms with E-state index >= 15 is 0 Å². The van der Waals surface area contributed by atoms with Crippen LogP contribution >= 0.6 is 11.6 Å². The van der Waals surface area contributed by atoms with Crippen molar-refractivity contribution < 1.29 is 14.0 Å². The van der Waals surface area contributed by atoms with Gasteiger partial charge in [-0.2, -0.15) is 0 Å². The second-order valence-electron chi connectivity index (χ2n) is 5.71. The van der Waals surface area contributed by atoms with E-state index in [2.05, 4.69) is 5.32 Å². The number of halogens is 2. The molecule has 0 aliphatic carbocycles. The summed E-state index contributed by atoms with van der Waals surface area (Å²) in [4.78, 5) is 25.5. The summed E-state index contributed by atoms with van der Waals surface area (Å²) in [6.07, 6.45) is 0.159. The van der Waals surface area contributed by atoms with E-state index in [1.165, 1.54) is 19.1 Å². The molecular weight excluding hydrogens is 343 g/mol. The van der Waals surface area contributed by atoms with E-state index < -0.39 is 0 Å². The Balaban J connectivity index is 1.94. The average Bonchev–Trinajstić information content (AvgIpc) is 2.58. The Kier molecular flexibility index (Phi) is 6.53. The Hall–Kier alpha value is -2.40. The first kappa shape index (κ1) is 18.9. The molecule has 0 atom stereocenters. The Morgan fingerprint density at radius 2 is 1.84 bits per heavy atom. The Labute approximate surface area is 151 Å². The summed E-state index contributed by atoms with van der Waals surface area (Å²) in [5.74, 6) is -0.656. The van der Waals surface area contributed by atoms with Crippen molar-refractivity contribution >= 4 is 29.1 Å². The molecule has 6 heteroatoms. The second kappa shape index (κ2) is 8.62. The predicted octanol–water partition coefficient (Wildman–Crippen LogP) is 3.85. The van der Waals surface area contributed by atoms with Crippen molar-refractivity contribution in [1.29, 1.82) is 0 Å². The van der Waals surface area contributed by atoms with Crippen LogP contribution in [0.3, 0.4) is 0 Å². The number of hydrogen-bond acceptors (Lipinski definition) is 2. The quantitative estimate of drug-likeness (QED) is 0.848. The number of amides is 2. The van der Waals surface area contributed by atoms with Gasteiger partial charge in [0, 0.05) is 37.1 Å². The van der Waals surface area contributed by atoms with Gasteiger partial charge in [0.2, 0.25) is 11.8 Å². The third-order valence-electron chi connectivity index (χ3n) is 3.88. The molecule has 0 bridgehead atoms. The fourth-order valence-electron chi connectivity index (χ4n) is 2.44. The summed E-state index contributed by atoms with van der Waals surface area (Å²) in [7, 11) is 0. The lowest BCUT2D eigenvalue weighted by molar-refractivity contribution is -0.121. The largest absolute Gasteiger partial charge is 0.352 e. The lowest BCUT2D eigenvalue weighted by atomic mass is 10.1. The molecule has 0 aromatic heterocycles. The standard InChI is InChI=1S/C19H20ClFN2O2/c1-13-17(20)4-3-5-18(13)23(14(2)24)11-10-19(25)22-12-15-6-8-16(21)9-7-15/h3-9H,10-12H2,1-2H3,(H,22,25). The topological polar surface area (TPSA) is 49.4 Å². The smallest absolute Gasteiger partial charge is 0.223 e. The molecule has 0 spiro atoms. The summed E-state index contributed by atoms with van der Waals surface area (Å²) >= 11 is 6.11. The van der Waals surface area contributed by atoms with Crippen molar-refractivity contribution in [3.05, 3.63) is 64.4 Å². The molecule has 0 unspecified atom stereocenters. The predicted molar refractivity (Wildman–Crippen MR) is 97.1 cm³/mol. The molecule has 2 amide bonds. The van der Waals surface area contributed by atoms with Gasteiger partial charge in [0.15, 0.2) is 0 Å². The van der Waals surface area contributed by atoms with Gasteiger partial charge in [-0.05, 0) is 42.3 Å². The van der Waals surface area contributed by atoms with Gasteiger partial charge < -0.3 is 10.2 Å². The number of nitrogens with zero attached hydrogens (tertiary/aromatic N) is 1. The van der Waals surface area contributed by atoms with E-state index in [0.717, 1.165) is 11.1 Å². The highest BCUT2D eigenvalue weighted by Crippen LogP contribution is 2.26. The Morgan fingerprint density at radius 1 is 1.16 bits per heavy atom. The van der Waals surface area contributed by atoms with Crippen LogP contribution in [0, 0.1) is 12.7 Å². The molecule has 0 saturated carbocycles. The van der Waals surface area contributed by atoms with Crippen LogP contribution in [-0.2, 0) is 16.1 Å². The molecule has 132 valence electrons. The Bertz CT molecular complexity index is 763. The maximum atomic E-state index is 12.9. The maximum absolute atomic E-state index is 12.9. The SMILES string of the molecule is CC(=O)N(CCC(=O)NCc1ccc(F)cc1)c1cccc(Cl)c1C. The average molecular weight is 363 g/mol. The fourth-order valence-corrected chi connectivity index (χ4v) is 2.61. The van der Waals surface area contributed by atoms with Crippen LogP contribution in [0.4, 0.5) is 10.1 Å². The molecule has 2 rings (SSSR count). The van der Waals surface area contributed by atoms with E-state index in [9.17, 15) is 14.0 Å². The van der Waals surface area contributed by atoms with Crippen LogP contribution in [-0.4, -0.2) is 18.4 Å². The van der Waals surface area contributed by atoms with E-state index in [4.69, 9.17) is 11.6 Å². The fraction of sp³-hybridized carbons (Fsp3) is 0.263. The molecule has 4 nitrogen and oxygen atoms in total. The van der Waals surface area contributed by atoms with Crippen LogP contribution in [0.5, 0.6) is 0 Å². The van der Waals surface area contributed by atoms with Crippen molar-refractivity contribution in [3.8, 4) is 0 Å². The first-order chi connectivity index (χ1) is 11.9. The minimum Gasteiger partial charge on any atom is -0.352 e. The summed E-state index contributed by atoms with van der Waals surface area (Å²) < 4.78 is 12.9.